The van der Waals surface area contributed by atoms with Gasteiger partial charge in [0, 0.05) is 6.92 Å². The van der Waals surface area contributed by atoms with Crippen LogP contribution in [-0.2, 0) is 19.3 Å². The molecule has 0 spiro atoms. The fraction of sp³-hybridized carbons (Fsp3) is 0.857. The molecule has 5 nitrogen and oxygen atoms in total. The van der Waals surface area contributed by atoms with Crippen molar-refractivity contribution in [2.45, 2.75) is 20.0 Å². The molecule has 72 valence electrons. The van der Waals surface area contributed by atoms with Gasteiger partial charge in [-0.1, -0.05) is 0 Å². The number of ether oxygens (including phenoxy) is 1. The minimum atomic E-state index is -0.644. The van der Waals surface area contributed by atoms with Crippen molar-refractivity contribution < 1.29 is 24.4 Å². The van der Waals surface area contributed by atoms with Crippen LogP contribution in [0.2, 0.25) is 0 Å². The van der Waals surface area contributed by atoms with E-state index in [4.69, 9.17) is 5.11 Å². The zero-order valence-electron chi connectivity index (χ0n) is 7.28. The molecule has 0 aromatic rings. The zero-order valence-corrected chi connectivity index (χ0v) is 7.28. The van der Waals surface area contributed by atoms with Gasteiger partial charge in [-0.25, -0.2) is 9.78 Å². The summed E-state index contributed by atoms with van der Waals surface area (Å²) in [5.74, 6) is -0.450. The van der Waals surface area contributed by atoms with E-state index in [0.717, 1.165) is 0 Å². The first-order valence-electron chi connectivity index (χ1n) is 3.73. The van der Waals surface area contributed by atoms with E-state index in [1.165, 1.54) is 6.92 Å². The summed E-state index contributed by atoms with van der Waals surface area (Å²) >= 11 is 0. The van der Waals surface area contributed by atoms with Crippen molar-refractivity contribution in [3.8, 4) is 0 Å². The second-order valence-electron chi connectivity index (χ2n) is 2.11. The third-order valence-electron chi connectivity index (χ3n) is 0.991. The lowest BCUT2D eigenvalue weighted by atomic mass is 10.4. The van der Waals surface area contributed by atoms with Crippen LogP contribution >= 0.6 is 0 Å². The average molecular weight is 178 g/mol. The normalized spacial score (nSPS) is 12.6. The maximum Gasteiger partial charge on any atom is 0.303 e. The summed E-state index contributed by atoms with van der Waals surface area (Å²) in [7, 11) is 0. The number of hydrogen-bond donors (Lipinski definition) is 1. The van der Waals surface area contributed by atoms with Crippen LogP contribution in [-0.4, -0.2) is 37.0 Å². The molecule has 0 heterocycles. The first kappa shape index (κ1) is 11.4. The van der Waals surface area contributed by atoms with E-state index in [1.807, 2.05) is 0 Å². The molecule has 0 aromatic carbocycles. The Hall–Kier alpha value is -0.650. The van der Waals surface area contributed by atoms with Gasteiger partial charge in [-0.05, 0) is 6.92 Å². The van der Waals surface area contributed by atoms with Crippen LogP contribution in [0.5, 0.6) is 0 Å². The standard InChI is InChI=1S/C7H14O5/c1-3-10-11-5-7(4-8)12-6(2)9/h7-8H,3-5H2,1-2H3. The van der Waals surface area contributed by atoms with Crippen molar-refractivity contribution in [3.63, 3.8) is 0 Å². The Labute approximate surface area is 71.2 Å². The molecule has 0 amide bonds. The summed E-state index contributed by atoms with van der Waals surface area (Å²) in [6.07, 6.45) is -0.644. The summed E-state index contributed by atoms with van der Waals surface area (Å²) in [6, 6.07) is 0. The molecule has 0 fully saturated rings. The Kier molecular flexibility index (Phi) is 6.64. The number of hydrogen-bond acceptors (Lipinski definition) is 5. The lowest BCUT2D eigenvalue weighted by molar-refractivity contribution is -0.303. The first-order chi connectivity index (χ1) is 5.70. The molecule has 0 radical (unpaired) electrons. The van der Waals surface area contributed by atoms with E-state index in [0.29, 0.717) is 6.61 Å². The monoisotopic (exact) mass is 178 g/mol. The summed E-state index contributed by atoms with van der Waals surface area (Å²) in [4.78, 5) is 19.6. The summed E-state index contributed by atoms with van der Waals surface area (Å²) in [5, 5.41) is 8.66. The highest BCUT2D eigenvalue weighted by Crippen LogP contribution is 1.93. The van der Waals surface area contributed by atoms with Gasteiger partial charge in [-0.3, -0.25) is 4.79 Å². The van der Waals surface area contributed by atoms with Gasteiger partial charge in [-0.2, -0.15) is 0 Å². The minimum Gasteiger partial charge on any atom is -0.458 e. The third kappa shape index (κ3) is 6.09. The van der Waals surface area contributed by atoms with E-state index in [2.05, 4.69) is 14.5 Å². The number of aliphatic hydroxyl groups excluding tert-OH is 1. The molecule has 0 aliphatic heterocycles. The van der Waals surface area contributed by atoms with Gasteiger partial charge in [0.05, 0.1) is 13.2 Å². The van der Waals surface area contributed by atoms with Crippen molar-refractivity contribution in [2.75, 3.05) is 19.8 Å². The van der Waals surface area contributed by atoms with Crippen molar-refractivity contribution in [2.24, 2.45) is 0 Å². The van der Waals surface area contributed by atoms with E-state index in [9.17, 15) is 4.79 Å². The fourth-order valence-electron chi connectivity index (χ4n) is 0.566. The molecule has 0 bridgehead atoms. The molecular formula is C7H14O5. The Balaban J connectivity index is 3.46. The van der Waals surface area contributed by atoms with Crippen molar-refractivity contribution in [1.29, 1.82) is 0 Å². The van der Waals surface area contributed by atoms with Crippen LogP contribution in [0.25, 0.3) is 0 Å². The number of carbonyl (C=O) groups excluding carboxylic acids is 1. The molecule has 1 atom stereocenters. The number of aliphatic hydroxyl groups is 1. The van der Waals surface area contributed by atoms with E-state index >= 15 is 0 Å². The van der Waals surface area contributed by atoms with Crippen LogP contribution < -0.4 is 0 Å². The summed E-state index contributed by atoms with van der Waals surface area (Å²) in [5.41, 5.74) is 0. The fourth-order valence-corrected chi connectivity index (χ4v) is 0.566. The molecular weight excluding hydrogens is 164 g/mol. The van der Waals surface area contributed by atoms with Crippen LogP contribution in [0.1, 0.15) is 13.8 Å². The van der Waals surface area contributed by atoms with E-state index in [-0.39, 0.29) is 13.2 Å². The van der Waals surface area contributed by atoms with Crippen LogP contribution in [0.15, 0.2) is 0 Å². The molecule has 0 aromatic heterocycles. The van der Waals surface area contributed by atoms with Gasteiger partial charge < -0.3 is 9.84 Å². The van der Waals surface area contributed by atoms with Crippen LogP contribution in [0, 0.1) is 0 Å². The maximum atomic E-state index is 10.4. The summed E-state index contributed by atoms with van der Waals surface area (Å²) in [6.45, 7) is 3.22. The Morgan fingerprint density at radius 1 is 1.50 bits per heavy atom. The van der Waals surface area contributed by atoms with Crippen molar-refractivity contribution in [1.82, 2.24) is 0 Å². The van der Waals surface area contributed by atoms with Gasteiger partial charge in [0.1, 0.15) is 6.61 Å². The molecule has 0 saturated carbocycles. The van der Waals surface area contributed by atoms with Crippen molar-refractivity contribution >= 4 is 5.97 Å². The lowest BCUT2D eigenvalue weighted by Gasteiger charge is -2.12. The highest BCUT2D eigenvalue weighted by atomic mass is 17.2. The van der Waals surface area contributed by atoms with Gasteiger partial charge >= 0.3 is 5.97 Å². The van der Waals surface area contributed by atoms with Crippen molar-refractivity contribution in [3.05, 3.63) is 0 Å². The van der Waals surface area contributed by atoms with E-state index in [1.54, 1.807) is 6.92 Å². The SMILES string of the molecule is CCOOCC(CO)OC(C)=O. The van der Waals surface area contributed by atoms with Gasteiger partial charge in [0.2, 0.25) is 0 Å². The van der Waals surface area contributed by atoms with Gasteiger partial charge in [0.15, 0.2) is 6.10 Å². The highest BCUT2D eigenvalue weighted by Gasteiger charge is 2.10. The number of esters is 1. The molecule has 0 rings (SSSR count). The van der Waals surface area contributed by atoms with Crippen LogP contribution in [0.4, 0.5) is 0 Å². The Morgan fingerprint density at radius 3 is 2.58 bits per heavy atom. The predicted molar refractivity (Wildman–Crippen MR) is 40.2 cm³/mol. The number of carbonyl (C=O) groups is 1. The largest absolute Gasteiger partial charge is 0.458 e. The molecule has 12 heavy (non-hydrogen) atoms. The molecule has 0 aliphatic rings. The van der Waals surface area contributed by atoms with Crippen LogP contribution in [0.3, 0.4) is 0 Å². The second-order valence-corrected chi connectivity index (χ2v) is 2.11. The number of rotatable bonds is 6. The van der Waals surface area contributed by atoms with Gasteiger partial charge in [0.25, 0.3) is 0 Å². The average Bonchev–Trinajstić information content (AvgIpc) is 2.02. The molecule has 0 saturated heterocycles. The zero-order chi connectivity index (χ0) is 9.40. The highest BCUT2D eigenvalue weighted by molar-refractivity contribution is 5.66. The minimum absolute atomic E-state index is 0.0456. The molecule has 5 heteroatoms. The van der Waals surface area contributed by atoms with Gasteiger partial charge in [-0.15, -0.1) is 0 Å². The lowest BCUT2D eigenvalue weighted by Crippen LogP contribution is -2.26. The Morgan fingerprint density at radius 2 is 2.17 bits per heavy atom. The first-order valence-corrected chi connectivity index (χ1v) is 3.73. The second kappa shape index (κ2) is 7.02. The molecule has 1 unspecified atom stereocenters. The topological polar surface area (TPSA) is 65.0 Å². The predicted octanol–water partition coefficient (Wildman–Crippen LogP) is -0.121. The quantitative estimate of drug-likeness (QED) is 0.266. The molecule has 0 aliphatic carbocycles. The van der Waals surface area contributed by atoms with E-state index < -0.39 is 12.1 Å². The molecule has 1 N–H and O–H groups in total. The smallest absolute Gasteiger partial charge is 0.303 e. The maximum absolute atomic E-state index is 10.4. The summed E-state index contributed by atoms with van der Waals surface area (Å²) < 4.78 is 4.65. The third-order valence-corrected chi connectivity index (χ3v) is 0.991. The Bertz CT molecular complexity index is 125.